The SMILES string of the molecule is CCOC(=O)C1=C(C)OC(N)=C(C#N)C1c1cc(Cl)c(OCc2ccccc2Cl)c(Cl)c1. The maximum Gasteiger partial charge on any atom is 0.338 e. The van der Waals surface area contributed by atoms with Crippen molar-refractivity contribution >= 4 is 40.8 Å². The number of rotatable bonds is 6. The van der Waals surface area contributed by atoms with Gasteiger partial charge in [-0.1, -0.05) is 53.0 Å². The van der Waals surface area contributed by atoms with Crippen molar-refractivity contribution in [3.05, 3.63) is 85.4 Å². The Morgan fingerprint density at radius 1 is 1.19 bits per heavy atom. The molecule has 1 unspecified atom stereocenters. The first-order valence-corrected chi connectivity index (χ1v) is 10.7. The third-order valence-corrected chi connectivity index (χ3v) is 5.71. The first kappa shape index (κ1) is 23.8. The molecule has 1 aliphatic heterocycles. The second kappa shape index (κ2) is 10.2. The lowest BCUT2D eigenvalue weighted by Crippen LogP contribution is -2.25. The van der Waals surface area contributed by atoms with E-state index in [1.54, 1.807) is 32.0 Å². The average Bonchev–Trinajstić information content (AvgIpc) is 2.73. The number of nitrogens with zero attached hydrogens (tertiary/aromatic N) is 1. The molecule has 3 rings (SSSR count). The van der Waals surface area contributed by atoms with E-state index in [2.05, 4.69) is 0 Å². The summed E-state index contributed by atoms with van der Waals surface area (Å²) in [6.45, 7) is 3.56. The molecular weight excluding hydrogens is 475 g/mol. The Hall–Kier alpha value is -2.85. The van der Waals surface area contributed by atoms with Gasteiger partial charge in [-0.25, -0.2) is 4.79 Å². The van der Waals surface area contributed by atoms with Crippen molar-refractivity contribution in [2.45, 2.75) is 26.4 Å². The summed E-state index contributed by atoms with van der Waals surface area (Å²) in [6, 6.07) is 12.4. The highest BCUT2D eigenvalue weighted by Gasteiger charge is 2.37. The average molecular weight is 494 g/mol. The fourth-order valence-corrected chi connectivity index (χ4v) is 4.14. The van der Waals surface area contributed by atoms with Crippen LogP contribution >= 0.6 is 34.8 Å². The Kier molecular flexibility index (Phi) is 7.57. The second-order valence-corrected chi connectivity index (χ2v) is 8.03. The minimum atomic E-state index is -0.861. The number of ether oxygens (including phenoxy) is 3. The molecule has 0 radical (unpaired) electrons. The quantitative estimate of drug-likeness (QED) is 0.506. The molecule has 2 N–H and O–H groups in total. The predicted molar refractivity (Wildman–Crippen MR) is 122 cm³/mol. The Labute approximate surface area is 200 Å². The van der Waals surface area contributed by atoms with Crippen LogP contribution in [0, 0.1) is 11.3 Å². The van der Waals surface area contributed by atoms with Crippen LogP contribution < -0.4 is 10.5 Å². The van der Waals surface area contributed by atoms with Gasteiger partial charge in [0.25, 0.3) is 0 Å². The van der Waals surface area contributed by atoms with Gasteiger partial charge >= 0.3 is 5.97 Å². The van der Waals surface area contributed by atoms with E-state index in [0.717, 1.165) is 5.56 Å². The molecule has 0 aromatic heterocycles. The van der Waals surface area contributed by atoms with Crippen molar-refractivity contribution in [2.24, 2.45) is 5.73 Å². The number of carbonyl (C=O) groups is 1. The zero-order chi connectivity index (χ0) is 23.4. The van der Waals surface area contributed by atoms with Gasteiger partial charge in [-0.2, -0.15) is 5.26 Å². The van der Waals surface area contributed by atoms with Gasteiger partial charge in [-0.15, -0.1) is 0 Å². The fraction of sp³-hybridized carbons (Fsp3) is 0.217. The predicted octanol–water partition coefficient (Wildman–Crippen LogP) is 5.87. The van der Waals surface area contributed by atoms with Gasteiger partial charge in [0.2, 0.25) is 5.88 Å². The molecule has 9 heteroatoms. The molecule has 32 heavy (non-hydrogen) atoms. The number of carbonyl (C=O) groups excluding carboxylic acids is 1. The molecule has 0 aliphatic carbocycles. The monoisotopic (exact) mass is 492 g/mol. The lowest BCUT2D eigenvalue weighted by Gasteiger charge is -2.27. The molecular formula is C23H19Cl3N2O4. The van der Waals surface area contributed by atoms with Crippen LogP contribution in [-0.4, -0.2) is 12.6 Å². The number of esters is 1. The molecule has 6 nitrogen and oxygen atoms in total. The van der Waals surface area contributed by atoms with Gasteiger partial charge < -0.3 is 19.9 Å². The fourth-order valence-electron chi connectivity index (χ4n) is 3.34. The summed E-state index contributed by atoms with van der Waals surface area (Å²) in [5, 5.41) is 10.6. The normalized spacial score (nSPS) is 15.8. The number of nitriles is 1. The summed E-state index contributed by atoms with van der Waals surface area (Å²) in [7, 11) is 0. The molecule has 1 aliphatic rings. The molecule has 1 atom stereocenters. The molecule has 0 spiro atoms. The third-order valence-electron chi connectivity index (χ3n) is 4.78. The molecule has 0 bridgehead atoms. The van der Waals surface area contributed by atoms with Gasteiger partial charge in [0.1, 0.15) is 24.0 Å². The first-order valence-electron chi connectivity index (χ1n) is 9.59. The number of allylic oxidation sites excluding steroid dienone is 2. The van der Waals surface area contributed by atoms with Crippen LogP contribution in [0.1, 0.15) is 30.9 Å². The van der Waals surface area contributed by atoms with E-state index >= 15 is 0 Å². The minimum Gasteiger partial charge on any atom is -0.486 e. The first-order chi connectivity index (χ1) is 15.3. The zero-order valence-corrected chi connectivity index (χ0v) is 19.5. The van der Waals surface area contributed by atoms with E-state index in [1.807, 2.05) is 24.3 Å². The Balaban J connectivity index is 2.01. The summed E-state index contributed by atoms with van der Waals surface area (Å²) >= 11 is 19.1. The Morgan fingerprint density at radius 3 is 2.44 bits per heavy atom. The highest BCUT2D eigenvalue weighted by Crippen LogP contribution is 2.44. The summed E-state index contributed by atoms with van der Waals surface area (Å²) in [5.74, 6) is -1.11. The van der Waals surface area contributed by atoms with E-state index in [0.29, 0.717) is 10.6 Å². The van der Waals surface area contributed by atoms with E-state index in [1.165, 1.54) is 0 Å². The molecule has 2 aromatic carbocycles. The van der Waals surface area contributed by atoms with Crippen molar-refractivity contribution < 1.29 is 19.0 Å². The van der Waals surface area contributed by atoms with Crippen LogP contribution in [0.15, 0.2) is 59.2 Å². The van der Waals surface area contributed by atoms with Crippen LogP contribution in [0.5, 0.6) is 5.75 Å². The molecule has 0 amide bonds. The van der Waals surface area contributed by atoms with Crippen LogP contribution in [0.25, 0.3) is 0 Å². The van der Waals surface area contributed by atoms with Crippen LogP contribution in [-0.2, 0) is 20.9 Å². The van der Waals surface area contributed by atoms with Gasteiger partial charge in [-0.05, 0) is 37.6 Å². The zero-order valence-electron chi connectivity index (χ0n) is 17.2. The Bertz CT molecular complexity index is 1150. The minimum absolute atomic E-state index is 0.0514. The van der Waals surface area contributed by atoms with E-state index < -0.39 is 11.9 Å². The molecule has 0 fully saturated rings. The van der Waals surface area contributed by atoms with Crippen molar-refractivity contribution in [1.82, 2.24) is 0 Å². The number of hydrogen-bond acceptors (Lipinski definition) is 6. The maximum absolute atomic E-state index is 12.7. The van der Waals surface area contributed by atoms with Crippen molar-refractivity contribution in [2.75, 3.05) is 6.61 Å². The summed E-state index contributed by atoms with van der Waals surface area (Å²) in [6.07, 6.45) is 0. The van der Waals surface area contributed by atoms with Gasteiger partial charge in [0, 0.05) is 10.6 Å². The maximum atomic E-state index is 12.7. The van der Waals surface area contributed by atoms with Crippen LogP contribution in [0.3, 0.4) is 0 Å². The number of halogens is 3. The van der Waals surface area contributed by atoms with Crippen molar-refractivity contribution in [3.63, 3.8) is 0 Å². The molecule has 1 heterocycles. The molecule has 0 saturated heterocycles. The lowest BCUT2D eigenvalue weighted by molar-refractivity contribution is -0.139. The van der Waals surface area contributed by atoms with E-state index in [-0.39, 0.29) is 51.8 Å². The second-order valence-electron chi connectivity index (χ2n) is 6.81. The largest absolute Gasteiger partial charge is 0.486 e. The van der Waals surface area contributed by atoms with E-state index in [4.69, 9.17) is 54.7 Å². The van der Waals surface area contributed by atoms with Gasteiger partial charge in [0.15, 0.2) is 5.75 Å². The standard InChI is InChI=1S/C23H19Cl3N2O4/c1-3-30-23(29)19-12(2)32-22(28)15(10-27)20(19)14-8-17(25)21(18(26)9-14)31-11-13-6-4-5-7-16(13)24/h4-9,20H,3,11,28H2,1-2H3. The van der Waals surface area contributed by atoms with E-state index in [9.17, 15) is 10.1 Å². The summed E-state index contributed by atoms with van der Waals surface area (Å²) < 4.78 is 16.4. The van der Waals surface area contributed by atoms with Crippen LogP contribution in [0.4, 0.5) is 0 Å². The number of nitrogens with two attached hydrogens (primary N) is 1. The Morgan fingerprint density at radius 2 is 1.84 bits per heavy atom. The molecule has 2 aromatic rings. The summed E-state index contributed by atoms with van der Waals surface area (Å²) in [4.78, 5) is 12.7. The van der Waals surface area contributed by atoms with Crippen molar-refractivity contribution in [1.29, 1.82) is 5.26 Å². The van der Waals surface area contributed by atoms with Crippen LogP contribution in [0.2, 0.25) is 15.1 Å². The number of hydrogen-bond donors (Lipinski definition) is 1. The summed E-state index contributed by atoms with van der Waals surface area (Å²) in [5.41, 5.74) is 7.35. The molecule has 166 valence electrons. The number of benzene rings is 2. The topological polar surface area (TPSA) is 94.6 Å². The van der Waals surface area contributed by atoms with Crippen molar-refractivity contribution in [3.8, 4) is 11.8 Å². The van der Waals surface area contributed by atoms with Gasteiger partial charge in [0.05, 0.1) is 28.1 Å². The molecule has 0 saturated carbocycles. The smallest absolute Gasteiger partial charge is 0.338 e. The third kappa shape index (κ3) is 4.81. The lowest BCUT2D eigenvalue weighted by atomic mass is 9.83. The van der Waals surface area contributed by atoms with Gasteiger partial charge in [-0.3, -0.25) is 0 Å². The highest BCUT2D eigenvalue weighted by atomic mass is 35.5. The highest BCUT2D eigenvalue weighted by molar-refractivity contribution is 6.37.